The predicted octanol–water partition coefficient (Wildman–Crippen LogP) is 1.11. The number of hydrogen-bond acceptors (Lipinski definition) is 3. The lowest BCUT2D eigenvalue weighted by atomic mass is 10.0. The minimum absolute atomic E-state index is 0.340. The molecule has 2 aliphatic heterocycles. The summed E-state index contributed by atoms with van der Waals surface area (Å²) in [4.78, 5) is 7.61. The maximum Gasteiger partial charge on any atom is 0.177 e. The van der Waals surface area contributed by atoms with E-state index in [9.17, 15) is 0 Å². The van der Waals surface area contributed by atoms with Crippen LogP contribution in [0.5, 0.6) is 0 Å². The van der Waals surface area contributed by atoms with E-state index in [1.165, 1.54) is 18.7 Å². The maximum atomic E-state index is 5.21. The Morgan fingerprint density at radius 2 is 2.11 bits per heavy atom. The normalized spacial score (nSPS) is 25.8. The summed E-state index contributed by atoms with van der Waals surface area (Å²) in [5.74, 6) is 14.6. The van der Waals surface area contributed by atoms with Gasteiger partial charge in [-0.15, -0.1) is 6.42 Å². The number of oxime groups is 1. The van der Waals surface area contributed by atoms with Gasteiger partial charge in [0, 0.05) is 19.0 Å². The first-order valence-electron chi connectivity index (χ1n) is 6.16. The molecule has 0 aromatic carbocycles. The lowest BCUT2D eigenvalue weighted by Gasteiger charge is -2.12. The zero-order valence-electron chi connectivity index (χ0n) is 10.4. The van der Waals surface area contributed by atoms with E-state index in [1.54, 1.807) is 0 Å². The van der Waals surface area contributed by atoms with Crippen molar-refractivity contribution in [2.45, 2.75) is 19.3 Å². The molecule has 0 aliphatic carbocycles. The van der Waals surface area contributed by atoms with Crippen LogP contribution in [0.3, 0.4) is 0 Å². The van der Waals surface area contributed by atoms with Gasteiger partial charge < -0.3 is 4.84 Å². The average molecular weight is 240 g/mol. The van der Waals surface area contributed by atoms with Gasteiger partial charge in [-0.05, 0) is 13.0 Å². The van der Waals surface area contributed by atoms with Gasteiger partial charge in [0.25, 0.3) is 0 Å². The summed E-state index contributed by atoms with van der Waals surface area (Å²) in [6, 6.07) is 0. The van der Waals surface area contributed by atoms with Gasteiger partial charge in [0.1, 0.15) is 0 Å². The van der Waals surface area contributed by atoms with Crippen LogP contribution in [0.15, 0.2) is 5.16 Å². The highest BCUT2D eigenvalue weighted by Crippen LogP contribution is 2.25. The molecule has 2 fully saturated rings. The summed E-state index contributed by atoms with van der Waals surface area (Å²) in [7, 11) is 0. The number of rotatable bonds is 2. The Morgan fingerprint density at radius 1 is 1.28 bits per heavy atom. The molecule has 2 unspecified atom stereocenters. The molecule has 0 radical (unpaired) electrons. The molecule has 0 aromatic rings. The van der Waals surface area contributed by atoms with E-state index < -0.39 is 0 Å². The van der Waals surface area contributed by atoms with Gasteiger partial charge in [0.15, 0.2) is 6.61 Å². The van der Waals surface area contributed by atoms with Gasteiger partial charge in [-0.3, -0.25) is 4.90 Å². The molecule has 0 saturated carbocycles. The summed E-state index contributed by atoms with van der Waals surface area (Å²) in [6.07, 6.45) is 7.32. The number of terminal acetylenes is 1. The minimum Gasteiger partial charge on any atom is -0.383 e. The van der Waals surface area contributed by atoms with E-state index in [4.69, 9.17) is 11.3 Å². The fourth-order valence-corrected chi connectivity index (χ4v) is 2.19. The van der Waals surface area contributed by atoms with Crippen molar-refractivity contribution in [2.24, 2.45) is 11.1 Å². The standard InChI is InChI=1S/C15H16N2O/c1-2-3-4-5-6-7-8-11-18-16-15-13-17-10-9-14(15)12-17/h1,14H,3,6,9-13H2/b16-15-. The Kier molecular flexibility index (Phi) is 4.71. The third kappa shape index (κ3) is 3.56. The van der Waals surface area contributed by atoms with Gasteiger partial charge in [0.05, 0.1) is 18.6 Å². The summed E-state index contributed by atoms with van der Waals surface area (Å²) in [5.41, 5.74) is 1.18. The summed E-state index contributed by atoms with van der Waals surface area (Å²) >= 11 is 0. The first-order valence-corrected chi connectivity index (χ1v) is 6.16. The highest BCUT2D eigenvalue weighted by molar-refractivity contribution is 5.91. The first-order chi connectivity index (χ1) is 8.90. The van der Waals surface area contributed by atoms with Crippen LogP contribution in [0.1, 0.15) is 19.3 Å². The van der Waals surface area contributed by atoms with Crippen molar-refractivity contribution in [3.63, 3.8) is 0 Å². The molecular weight excluding hydrogens is 224 g/mol. The van der Waals surface area contributed by atoms with Crippen LogP contribution in [0.4, 0.5) is 0 Å². The summed E-state index contributed by atoms with van der Waals surface area (Å²) < 4.78 is 0. The minimum atomic E-state index is 0.340. The van der Waals surface area contributed by atoms with Gasteiger partial charge >= 0.3 is 0 Å². The van der Waals surface area contributed by atoms with Crippen molar-refractivity contribution in [3.05, 3.63) is 0 Å². The number of hydrogen-bond donors (Lipinski definition) is 0. The molecule has 2 aliphatic rings. The highest BCUT2D eigenvalue weighted by Gasteiger charge is 2.35. The van der Waals surface area contributed by atoms with E-state index in [1.807, 2.05) is 0 Å². The second kappa shape index (κ2) is 6.75. The summed E-state index contributed by atoms with van der Waals surface area (Å²) in [5, 5.41) is 4.16. The van der Waals surface area contributed by atoms with Gasteiger partial charge in [0.2, 0.25) is 0 Å². The second-order valence-electron chi connectivity index (χ2n) is 4.34. The second-order valence-corrected chi connectivity index (χ2v) is 4.34. The Hall–Kier alpha value is -1.89. The Morgan fingerprint density at radius 3 is 2.83 bits per heavy atom. The molecule has 0 amide bonds. The van der Waals surface area contributed by atoms with Crippen LogP contribution in [0.25, 0.3) is 0 Å². The molecule has 2 atom stereocenters. The summed E-state index contributed by atoms with van der Waals surface area (Å²) in [6.45, 7) is 3.67. The SMILES string of the molecule is C#CCC#CCC#CCO/N=C1/CN2CCC1C2. The average Bonchev–Trinajstić information content (AvgIpc) is 2.99. The van der Waals surface area contributed by atoms with Crippen LogP contribution in [0, 0.1) is 41.9 Å². The number of nitrogens with zero attached hydrogens (tertiary/aromatic N) is 2. The first kappa shape index (κ1) is 12.6. The van der Waals surface area contributed by atoms with Crippen molar-refractivity contribution >= 4 is 5.71 Å². The molecule has 3 heteroatoms. The highest BCUT2D eigenvalue weighted by atomic mass is 16.6. The van der Waals surface area contributed by atoms with Crippen molar-refractivity contribution in [1.82, 2.24) is 4.90 Å². The van der Waals surface area contributed by atoms with Crippen LogP contribution < -0.4 is 0 Å². The lowest BCUT2D eigenvalue weighted by molar-refractivity contribution is 0.177. The fourth-order valence-electron chi connectivity index (χ4n) is 2.19. The topological polar surface area (TPSA) is 24.8 Å². The Bertz CT molecular complexity index is 479. The molecule has 0 aromatic heterocycles. The van der Waals surface area contributed by atoms with Gasteiger partial charge in [-0.2, -0.15) is 0 Å². The molecule has 3 nitrogen and oxygen atoms in total. The van der Waals surface area contributed by atoms with E-state index in [-0.39, 0.29) is 0 Å². The Balaban J connectivity index is 1.62. The number of fused-ring (bicyclic) bond motifs is 2. The zero-order chi connectivity index (χ0) is 12.6. The van der Waals surface area contributed by atoms with Crippen molar-refractivity contribution in [1.29, 1.82) is 0 Å². The molecule has 2 rings (SSSR count). The fraction of sp³-hybridized carbons (Fsp3) is 0.533. The zero-order valence-corrected chi connectivity index (χ0v) is 10.4. The quantitative estimate of drug-likeness (QED) is 0.410. The molecule has 2 saturated heterocycles. The molecule has 0 N–H and O–H groups in total. The third-order valence-electron chi connectivity index (χ3n) is 3.06. The van der Waals surface area contributed by atoms with E-state index in [0.29, 0.717) is 25.4 Å². The van der Waals surface area contributed by atoms with Crippen LogP contribution in [-0.2, 0) is 4.84 Å². The smallest absolute Gasteiger partial charge is 0.177 e. The van der Waals surface area contributed by atoms with Gasteiger partial charge in [-0.1, -0.05) is 34.8 Å². The molecule has 2 bridgehead atoms. The van der Waals surface area contributed by atoms with Crippen molar-refractivity contribution in [3.8, 4) is 36.0 Å². The van der Waals surface area contributed by atoms with Crippen LogP contribution >= 0.6 is 0 Å². The Labute approximate surface area is 109 Å². The van der Waals surface area contributed by atoms with Crippen molar-refractivity contribution < 1.29 is 4.84 Å². The maximum absolute atomic E-state index is 5.21. The monoisotopic (exact) mass is 240 g/mol. The molecule has 0 spiro atoms. The number of piperidine rings is 1. The van der Waals surface area contributed by atoms with E-state index in [0.717, 1.165) is 13.1 Å². The molecular formula is C15H16N2O. The third-order valence-corrected chi connectivity index (χ3v) is 3.06. The largest absolute Gasteiger partial charge is 0.383 e. The molecule has 2 heterocycles. The molecule has 92 valence electrons. The molecule has 18 heavy (non-hydrogen) atoms. The lowest BCUT2D eigenvalue weighted by Crippen LogP contribution is -2.23. The van der Waals surface area contributed by atoms with Gasteiger partial charge in [-0.25, -0.2) is 0 Å². The van der Waals surface area contributed by atoms with E-state index in [2.05, 4.69) is 39.7 Å². The predicted molar refractivity (Wildman–Crippen MR) is 71.6 cm³/mol. The van der Waals surface area contributed by atoms with Crippen molar-refractivity contribution in [2.75, 3.05) is 26.2 Å². The van der Waals surface area contributed by atoms with E-state index >= 15 is 0 Å². The van der Waals surface area contributed by atoms with Crippen LogP contribution in [0.2, 0.25) is 0 Å². The van der Waals surface area contributed by atoms with Crippen LogP contribution in [-0.4, -0.2) is 36.9 Å².